The van der Waals surface area contributed by atoms with Crippen molar-refractivity contribution in [2.24, 2.45) is 34.5 Å². The van der Waals surface area contributed by atoms with Crippen molar-refractivity contribution < 1.29 is 9.53 Å². The highest BCUT2D eigenvalue weighted by atomic mass is 16.5. The number of hydrogen-bond acceptors (Lipinski definition) is 2. The first-order valence-corrected chi connectivity index (χ1v) is 11.8. The molecule has 0 aromatic heterocycles. The number of hydrogen-bond donors (Lipinski definition) is 0. The molecule has 1 aromatic rings. The van der Waals surface area contributed by atoms with Crippen LogP contribution >= 0.6 is 0 Å². The average molecular weight is 393 g/mol. The van der Waals surface area contributed by atoms with E-state index in [4.69, 9.17) is 4.74 Å². The molecule has 0 radical (unpaired) electrons. The minimum Gasteiger partial charge on any atom is -0.497 e. The number of rotatable bonds is 2. The van der Waals surface area contributed by atoms with Gasteiger partial charge < -0.3 is 4.74 Å². The van der Waals surface area contributed by atoms with E-state index in [1.54, 1.807) is 7.11 Å². The van der Waals surface area contributed by atoms with Gasteiger partial charge in [-0.3, -0.25) is 4.79 Å². The van der Waals surface area contributed by atoms with Crippen molar-refractivity contribution in [2.45, 2.75) is 71.6 Å². The molecular formula is C27H36O2. The van der Waals surface area contributed by atoms with Gasteiger partial charge in [-0.05, 0) is 103 Å². The number of methoxy groups -OCH3 is 1. The number of Topliss-reactive ketones (excluding diaryl/α,β-unsaturated/α-hetero) is 1. The van der Waals surface area contributed by atoms with Gasteiger partial charge >= 0.3 is 0 Å². The van der Waals surface area contributed by atoms with Crippen LogP contribution in [-0.2, 0) is 4.79 Å². The summed E-state index contributed by atoms with van der Waals surface area (Å²) in [4.78, 5) is 13.5. The Kier molecular flexibility index (Phi) is 4.68. The molecule has 29 heavy (non-hydrogen) atoms. The summed E-state index contributed by atoms with van der Waals surface area (Å²) in [5.41, 5.74) is 2.60. The average Bonchev–Trinajstić information content (AvgIpc) is 2.99. The van der Waals surface area contributed by atoms with E-state index in [9.17, 15) is 4.79 Å². The van der Waals surface area contributed by atoms with Crippen LogP contribution in [0.25, 0.3) is 6.08 Å². The molecule has 0 bridgehead atoms. The number of carbonyl (C=O) groups excluding carboxylic acids is 1. The SMILES string of the molecule is COc1ccc(/C=C2/C[C@H]3[C@@H]4CC[C@@H]5CCCC[C@]5(C)[C@@H]4CC[C@@]3(C)C2=O)cc1. The molecule has 2 heteroatoms. The third kappa shape index (κ3) is 2.93. The topological polar surface area (TPSA) is 26.3 Å². The van der Waals surface area contributed by atoms with Gasteiger partial charge in [0.1, 0.15) is 5.75 Å². The maximum atomic E-state index is 13.5. The van der Waals surface area contributed by atoms with Gasteiger partial charge in [0.25, 0.3) is 0 Å². The zero-order valence-corrected chi connectivity index (χ0v) is 18.4. The second-order valence-corrected chi connectivity index (χ2v) is 10.8. The zero-order chi connectivity index (χ0) is 20.2. The lowest BCUT2D eigenvalue weighted by Gasteiger charge is -2.59. The molecule has 4 saturated carbocycles. The summed E-state index contributed by atoms with van der Waals surface area (Å²) in [5, 5.41) is 0. The lowest BCUT2D eigenvalue weighted by Crippen LogP contribution is -2.52. The van der Waals surface area contributed by atoms with Crippen LogP contribution in [0.15, 0.2) is 29.8 Å². The smallest absolute Gasteiger partial charge is 0.165 e. The molecule has 0 heterocycles. The minimum atomic E-state index is -0.128. The summed E-state index contributed by atoms with van der Waals surface area (Å²) in [6, 6.07) is 8.12. The summed E-state index contributed by atoms with van der Waals surface area (Å²) in [7, 11) is 1.69. The Hall–Kier alpha value is -1.57. The fraction of sp³-hybridized carbons (Fsp3) is 0.667. The highest BCUT2D eigenvalue weighted by Gasteiger charge is 2.60. The van der Waals surface area contributed by atoms with Gasteiger partial charge in [0.2, 0.25) is 0 Å². The van der Waals surface area contributed by atoms with Crippen molar-refractivity contribution in [3.05, 3.63) is 35.4 Å². The first-order chi connectivity index (χ1) is 14.0. The summed E-state index contributed by atoms with van der Waals surface area (Å²) in [6.07, 6.45) is 14.0. The molecule has 0 amide bonds. The van der Waals surface area contributed by atoms with Crippen molar-refractivity contribution in [3.63, 3.8) is 0 Å². The standard InChI is InChI=1S/C27H36O2/c1-26-14-5-4-6-20(26)9-12-22-23(26)13-15-27(2)24(22)17-19(25(27)28)16-18-7-10-21(29-3)11-8-18/h7-8,10-11,16,20,22-24H,4-6,9,12-15,17H2,1-3H3/b19-16-/t20-,22+,23+,24-,26-,27+/m0/s1. The van der Waals surface area contributed by atoms with E-state index in [1.807, 2.05) is 12.1 Å². The van der Waals surface area contributed by atoms with Crippen molar-refractivity contribution in [2.75, 3.05) is 7.11 Å². The monoisotopic (exact) mass is 392 g/mol. The molecule has 4 fully saturated rings. The Balaban J connectivity index is 1.43. The summed E-state index contributed by atoms with van der Waals surface area (Å²) in [6.45, 7) is 4.90. The van der Waals surface area contributed by atoms with Crippen LogP contribution in [0.2, 0.25) is 0 Å². The Morgan fingerprint density at radius 1 is 0.966 bits per heavy atom. The van der Waals surface area contributed by atoms with Crippen LogP contribution < -0.4 is 4.74 Å². The zero-order valence-electron chi connectivity index (χ0n) is 18.4. The van der Waals surface area contributed by atoms with Gasteiger partial charge in [0.15, 0.2) is 5.78 Å². The predicted molar refractivity (Wildman–Crippen MR) is 118 cm³/mol. The molecule has 4 aliphatic rings. The molecule has 0 aliphatic heterocycles. The highest BCUT2D eigenvalue weighted by Crippen LogP contribution is 2.66. The molecule has 0 N–H and O–H groups in total. The third-order valence-corrected chi connectivity index (χ3v) is 9.68. The van der Waals surface area contributed by atoms with Crippen LogP contribution in [0.4, 0.5) is 0 Å². The Labute approximate surface area is 176 Å². The summed E-state index contributed by atoms with van der Waals surface area (Å²) >= 11 is 0. The molecule has 0 saturated heterocycles. The summed E-state index contributed by atoms with van der Waals surface area (Å²) in [5.74, 6) is 4.39. The molecule has 0 unspecified atom stereocenters. The summed E-state index contributed by atoms with van der Waals surface area (Å²) < 4.78 is 5.28. The number of fused-ring (bicyclic) bond motifs is 5. The molecule has 5 rings (SSSR count). The van der Waals surface area contributed by atoms with E-state index in [1.165, 1.54) is 44.9 Å². The number of benzene rings is 1. The second kappa shape index (κ2) is 7.00. The Morgan fingerprint density at radius 3 is 2.52 bits per heavy atom. The maximum absolute atomic E-state index is 13.5. The molecule has 156 valence electrons. The second-order valence-electron chi connectivity index (χ2n) is 10.8. The van der Waals surface area contributed by atoms with Crippen LogP contribution in [0.3, 0.4) is 0 Å². The van der Waals surface area contributed by atoms with Gasteiger partial charge in [-0.2, -0.15) is 0 Å². The van der Waals surface area contributed by atoms with Crippen LogP contribution in [0, 0.1) is 34.5 Å². The number of ketones is 1. The van der Waals surface area contributed by atoms with E-state index in [0.717, 1.165) is 47.5 Å². The van der Waals surface area contributed by atoms with Gasteiger partial charge in [0.05, 0.1) is 7.11 Å². The quantitative estimate of drug-likeness (QED) is 0.524. The first-order valence-electron chi connectivity index (χ1n) is 11.8. The van der Waals surface area contributed by atoms with Crippen LogP contribution in [0.1, 0.15) is 77.2 Å². The molecule has 1 aromatic carbocycles. The Bertz CT molecular complexity index is 821. The molecule has 4 aliphatic carbocycles. The van der Waals surface area contributed by atoms with Crippen molar-refractivity contribution >= 4 is 11.9 Å². The minimum absolute atomic E-state index is 0.128. The fourth-order valence-electron chi connectivity index (χ4n) is 8.00. The largest absolute Gasteiger partial charge is 0.497 e. The highest BCUT2D eigenvalue weighted by molar-refractivity contribution is 6.05. The molecule has 0 spiro atoms. The number of carbonyl (C=O) groups is 1. The van der Waals surface area contributed by atoms with E-state index < -0.39 is 0 Å². The van der Waals surface area contributed by atoms with Crippen LogP contribution in [0.5, 0.6) is 5.75 Å². The maximum Gasteiger partial charge on any atom is 0.165 e. The predicted octanol–water partition coefficient (Wildman–Crippen LogP) is 6.69. The lowest BCUT2D eigenvalue weighted by atomic mass is 9.45. The van der Waals surface area contributed by atoms with E-state index in [0.29, 0.717) is 17.1 Å². The Morgan fingerprint density at radius 2 is 1.76 bits per heavy atom. The van der Waals surface area contributed by atoms with E-state index in [-0.39, 0.29) is 5.41 Å². The van der Waals surface area contributed by atoms with Gasteiger partial charge in [0, 0.05) is 5.41 Å². The van der Waals surface area contributed by atoms with Crippen molar-refractivity contribution in [3.8, 4) is 5.75 Å². The number of ether oxygens (including phenoxy) is 1. The molecule has 2 nitrogen and oxygen atoms in total. The van der Waals surface area contributed by atoms with Crippen molar-refractivity contribution in [1.82, 2.24) is 0 Å². The fourth-order valence-corrected chi connectivity index (χ4v) is 8.00. The lowest BCUT2D eigenvalue weighted by molar-refractivity contribution is -0.137. The third-order valence-electron chi connectivity index (χ3n) is 9.68. The van der Waals surface area contributed by atoms with Gasteiger partial charge in [-0.1, -0.05) is 38.8 Å². The molecular weight excluding hydrogens is 356 g/mol. The van der Waals surface area contributed by atoms with E-state index in [2.05, 4.69) is 32.1 Å². The molecule has 6 atom stereocenters. The van der Waals surface area contributed by atoms with Gasteiger partial charge in [-0.15, -0.1) is 0 Å². The van der Waals surface area contributed by atoms with Crippen LogP contribution in [-0.4, -0.2) is 12.9 Å². The van der Waals surface area contributed by atoms with Gasteiger partial charge in [-0.25, -0.2) is 0 Å². The normalized spacial score (nSPS) is 42.9. The van der Waals surface area contributed by atoms with Crippen molar-refractivity contribution in [1.29, 1.82) is 0 Å². The van der Waals surface area contributed by atoms with E-state index >= 15 is 0 Å². The first kappa shape index (κ1) is 19.4. The number of allylic oxidation sites excluding steroid dienone is 1.